The fourth-order valence-corrected chi connectivity index (χ4v) is 3.39. The van der Waals surface area contributed by atoms with Gasteiger partial charge in [-0.2, -0.15) is 0 Å². The van der Waals surface area contributed by atoms with Gasteiger partial charge in [0.1, 0.15) is 0 Å². The second-order valence-electron chi connectivity index (χ2n) is 6.05. The van der Waals surface area contributed by atoms with E-state index >= 15 is 0 Å². The number of carbonyl (C=O) groups excluding carboxylic acids is 1. The molecule has 1 aromatic rings. The van der Waals surface area contributed by atoms with Crippen LogP contribution in [0.15, 0.2) is 24.3 Å². The van der Waals surface area contributed by atoms with Gasteiger partial charge in [0.2, 0.25) is 5.91 Å². The molecule has 0 unspecified atom stereocenters. The molecule has 4 nitrogen and oxygen atoms in total. The zero-order valence-corrected chi connectivity index (χ0v) is 12.1. The third kappa shape index (κ3) is 2.29. The van der Waals surface area contributed by atoms with Crippen molar-refractivity contribution in [1.29, 1.82) is 0 Å². The van der Waals surface area contributed by atoms with Gasteiger partial charge in [-0.1, -0.05) is 31.4 Å². The maximum atomic E-state index is 11.6. The van der Waals surface area contributed by atoms with Crippen LogP contribution in [0.2, 0.25) is 0 Å². The minimum Gasteiger partial charge on any atom is -0.321 e. The van der Waals surface area contributed by atoms with E-state index in [1.54, 1.807) is 5.01 Å². The van der Waals surface area contributed by atoms with E-state index in [4.69, 9.17) is 5.73 Å². The van der Waals surface area contributed by atoms with Crippen molar-refractivity contribution >= 4 is 11.6 Å². The first-order chi connectivity index (χ1) is 9.60. The van der Waals surface area contributed by atoms with Crippen LogP contribution in [0.25, 0.3) is 0 Å². The highest BCUT2D eigenvalue weighted by Gasteiger charge is 2.30. The van der Waals surface area contributed by atoms with E-state index in [2.05, 4.69) is 24.3 Å². The largest absolute Gasteiger partial charge is 0.321 e. The molecule has 1 aliphatic carbocycles. The lowest BCUT2D eigenvalue weighted by Gasteiger charge is -2.34. The Morgan fingerprint density at radius 3 is 2.30 bits per heavy atom. The van der Waals surface area contributed by atoms with E-state index in [9.17, 15) is 4.79 Å². The second kappa shape index (κ2) is 5.09. The number of hydrazine groups is 1. The van der Waals surface area contributed by atoms with Crippen LogP contribution in [0.5, 0.6) is 0 Å². The monoisotopic (exact) mass is 273 g/mol. The van der Waals surface area contributed by atoms with E-state index in [1.165, 1.54) is 24.8 Å². The van der Waals surface area contributed by atoms with Crippen LogP contribution in [0.1, 0.15) is 44.1 Å². The quantitative estimate of drug-likeness (QED) is 0.900. The molecule has 0 atom stereocenters. The highest BCUT2D eigenvalue weighted by atomic mass is 16.2. The van der Waals surface area contributed by atoms with Crippen molar-refractivity contribution in [3.8, 4) is 0 Å². The van der Waals surface area contributed by atoms with Crippen molar-refractivity contribution in [3.05, 3.63) is 29.8 Å². The van der Waals surface area contributed by atoms with E-state index in [1.807, 2.05) is 12.1 Å². The zero-order valence-electron chi connectivity index (χ0n) is 12.1. The lowest BCUT2D eigenvalue weighted by Crippen LogP contribution is -2.39. The van der Waals surface area contributed by atoms with Gasteiger partial charge in [-0.25, -0.2) is 0 Å². The SMILES string of the molecule is CN1C(=O)CCN1c1ccc(C2(N)CCCCC2)cc1. The van der Waals surface area contributed by atoms with Crippen molar-refractivity contribution in [2.24, 2.45) is 5.73 Å². The fourth-order valence-electron chi connectivity index (χ4n) is 3.39. The molecule has 1 saturated heterocycles. The van der Waals surface area contributed by atoms with E-state index in [-0.39, 0.29) is 11.4 Å². The van der Waals surface area contributed by atoms with Crippen molar-refractivity contribution < 1.29 is 4.79 Å². The molecule has 3 rings (SSSR count). The first-order valence-corrected chi connectivity index (χ1v) is 7.54. The molecular formula is C16H23N3O. The number of nitrogens with two attached hydrogens (primary N) is 1. The molecule has 2 fully saturated rings. The Bertz CT molecular complexity index is 491. The summed E-state index contributed by atoms with van der Waals surface area (Å²) in [6, 6.07) is 8.45. The summed E-state index contributed by atoms with van der Waals surface area (Å²) in [6.45, 7) is 0.766. The minimum atomic E-state index is -0.149. The smallest absolute Gasteiger partial charge is 0.242 e. The molecule has 2 N–H and O–H groups in total. The Morgan fingerprint density at radius 2 is 1.75 bits per heavy atom. The zero-order chi connectivity index (χ0) is 14.2. The van der Waals surface area contributed by atoms with Crippen LogP contribution in [0.3, 0.4) is 0 Å². The van der Waals surface area contributed by atoms with Gasteiger partial charge in [0, 0.05) is 25.6 Å². The maximum absolute atomic E-state index is 11.6. The summed E-state index contributed by atoms with van der Waals surface area (Å²) in [7, 11) is 1.83. The van der Waals surface area contributed by atoms with Crippen LogP contribution in [-0.2, 0) is 10.3 Å². The molecule has 1 aromatic carbocycles. The van der Waals surface area contributed by atoms with Gasteiger partial charge in [0.05, 0.1) is 5.69 Å². The van der Waals surface area contributed by atoms with Gasteiger partial charge in [-0.15, -0.1) is 0 Å². The third-order valence-electron chi connectivity index (χ3n) is 4.75. The second-order valence-corrected chi connectivity index (χ2v) is 6.05. The number of hydrogen-bond acceptors (Lipinski definition) is 3. The highest BCUT2D eigenvalue weighted by molar-refractivity contribution is 5.81. The molecule has 0 bridgehead atoms. The van der Waals surface area contributed by atoms with Crippen LogP contribution in [0.4, 0.5) is 5.69 Å². The molecule has 1 heterocycles. The number of anilines is 1. The van der Waals surface area contributed by atoms with Gasteiger partial charge < -0.3 is 5.73 Å². The van der Waals surface area contributed by atoms with E-state index in [0.717, 1.165) is 25.1 Å². The number of rotatable bonds is 2. The summed E-state index contributed by atoms with van der Waals surface area (Å²) < 4.78 is 0. The van der Waals surface area contributed by atoms with E-state index < -0.39 is 0 Å². The Kier molecular flexibility index (Phi) is 3.42. The van der Waals surface area contributed by atoms with Gasteiger partial charge in [0.15, 0.2) is 0 Å². The lowest BCUT2D eigenvalue weighted by atomic mass is 9.77. The summed E-state index contributed by atoms with van der Waals surface area (Å²) in [5, 5.41) is 3.73. The van der Waals surface area contributed by atoms with Gasteiger partial charge in [-0.3, -0.25) is 14.8 Å². The van der Waals surface area contributed by atoms with Crippen LogP contribution >= 0.6 is 0 Å². The molecule has 1 aliphatic heterocycles. The average molecular weight is 273 g/mol. The molecule has 0 spiro atoms. The molecule has 4 heteroatoms. The maximum Gasteiger partial charge on any atom is 0.242 e. The lowest BCUT2D eigenvalue weighted by molar-refractivity contribution is -0.126. The predicted octanol–water partition coefficient (Wildman–Crippen LogP) is 2.39. The predicted molar refractivity (Wildman–Crippen MR) is 80.1 cm³/mol. The first-order valence-electron chi connectivity index (χ1n) is 7.54. The summed E-state index contributed by atoms with van der Waals surface area (Å²) in [4.78, 5) is 11.6. The Balaban J connectivity index is 1.79. The molecule has 108 valence electrons. The molecule has 2 aliphatic rings. The van der Waals surface area contributed by atoms with Crippen LogP contribution in [-0.4, -0.2) is 24.5 Å². The first kappa shape index (κ1) is 13.4. The molecule has 0 radical (unpaired) electrons. The average Bonchev–Trinajstić information content (AvgIpc) is 2.80. The number of hydrogen-bond donors (Lipinski definition) is 1. The van der Waals surface area contributed by atoms with Crippen molar-refractivity contribution in [2.45, 2.75) is 44.1 Å². The normalized spacial score (nSPS) is 22.4. The number of benzene rings is 1. The molecule has 1 saturated carbocycles. The highest BCUT2D eigenvalue weighted by Crippen LogP contribution is 2.35. The third-order valence-corrected chi connectivity index (χ3v) is 4.75. The van der Waals surface area contributed by atoms with Crippen molar-refractivity contribution in [1.82, 2.24) is 5.01 Å². The summed E-state index contributed by atoms with van der Waals surface area (Å²) in [5.41, 5.74) is 8.71. The topological polar surface area (TPSA) is 49.6 Å². The Morgan fingerprint density at radius 1 is 1.10 bits per heavy atom. The summed E-state index contributed by atoms with van der Waals surface area (Å²) in [5.74, 6) is 0.177. The summed E-state index contributed by atoms with van der Waals surface area (Å²) >= 11 is 0. The molecule has 0 aromatic heterocycles. The molecule has 1 amide bonds. The van der Waals surface area contributed by atoms with Gasteiger partial charge in [0.25, 0.3) is 0 Å². The standard InChI is InChI=1S/C16H23N3O/c1-18-15(20)9-12-19(18)14-7-5-13(6-8-14)16(17)10-3-2-4-11-16/h5-8H,2-4,9-12,17H2,1H3. The van der Waals surface area contributed by atoms with Gasteiger partial charge in [-0.05, 0) is 30.5 Å². The molecular weight excluding hydrogens is 250 g/mol. The molecule has 20 heavy (non-hydrogen) atoms. The number of nitrogens with zero attached hydrogens (tertiary/aromatic N) is 2. The fraction of sp³-hybridized carbons (Fsp3) is 0.562. The van der Waals surface area contributed by atoms with Gasteiger partial charge >= 0.3 is 0 Å². The Labute approximate surface area is 120 Å². The Hall–Kier alpha value is -1.55. The number of carbonyl (C=O) groups is 1. The van der Waals surface area contributed by atoms with E-state index in [0.29, 0.717) is 6.42 Å². The minimum absolute atomic E-state index is 0.149. The summed E-state index contributed by atoms with van der Waals surface area (Å²) in [6.07, 6.45) is 6.50. The van der Waals surface area contributed by atoms with Crippen LogP contribution < -0.4 is 10.7 Å². The van der Waals surface area contributed by atoms with Crippen molar-refractivity contribution in [3.63, 3.8) is 0 Å². The van der Waals surface area contributed by atoms with Crippen molar-refractivity contribution in [2.75, 3.05) is 18.6 Å². The number of amides is 1. The van der Waals surface area contributed by atoms with Crippen LogP contribution in [0, 0.1) is 0 Å².